The smallest absolute Gasteiger partial charge is 0.389 e. The van der Waals surface area contributed by atoms with Crippen molar-refractivity contribution in [3.05, 3.63) is 29.3 Å². The number of aliphatic hydroxyl groups is 1. The fourth-order valence-corrected chi connectivity index (χ4v) is 1.94. The van der Waals surface area contributed by atoms with E-state index in [0.29, 0.717) is 12.2 Å². The molecule has 1 N–H and O–H groups in total. The number of benzene rings is 1. The van der Waals surface area contributed by atoms with Crippen LogP contribution in [0.3, 0.4) is 0 Å². The molecule has 20 heavy (non-hydrogen) atoms. The van der Waals surface area contributed by atoms with Gasteiger partial charge in [-0.15, -0.1) is 0 Å². The lowest BCUT2D eigenvalue weighted by Gasteiger charge is -2.30. The zero-order valence-corrected chi connectivity index (χ0v) is 11.7. The summed E-state index contributed by atoms with van der Waals surface area (Å²) < 4.78 is 38.7. The number of hydrogen-bond donors (Lipinski definition) is 1. The molecule has 112 valence electrons. The van der Waals surface area contributed by atoms with Gasteiger partial charge in [-0.25, -0.2) is 0 Å². The van der Waals surface area contributed by atoms with E-state index in [1.807, 2.05) is 0 Å². The Morgan fingerprint density at radius 2 is 1.90 bits per heavy atom. The number of rotatable bonds is 5. The Morgan fingerprint density at radius 3 is 2.30 bits per heavy atom. The monoisotopic (exact) mass is 289 g/mol. The maximum absolute atomic E-state index is 12.9. The summed E-state index contributed by atoms with van der Waals surface area (Å²) in [5, 5.41) is 9.79. The minimum atomic E-state index is -4.58. The predicted molar refractivity (Wildman–Crippen MR) is 71.0 cm³/mol. The normalized spacial score (nSPS) is 12.3. The molecule has 0 saturated heterocycles. The Labute approximate surface area is 116 Å². The maximum atomic E-state index is 12.9. The Kier molecular flexibility index (Phi) is 4.81. The minimum absolute atomic E-state index is 0.193. The van der Waals surface area contributed by atoms with E-state index < -0.39 is 17.3 Å². The number of carbonyl (C=O) groups is 1. The maximum Gasteiger partial charge on any atom is 0.417 e. The third kappa shape index (κ3) is 4.23. The average Bonchev–Trinajstić information content (AvgIpc) is 2.33. The molecule has 0 aromatic heterocycles. The van der Waals surface area contributed by atoms with Gasteiger partial charge in [0.25, 0.3) is 0 Å². The molecule has 0 aliphatic carbocycles. The van der Waals surface area contributed by atoms with E-state index in [-0.39, 0.29) is 18.4 Å². The predicted octanol–water partition coefficient (Wildman–Crippen LogP) is 3.12. The number of halogens is 3. The highest BCUT2D eigenvalue weighted by atomic mass is 19.4. The van der Waals surface area contributed by atoms with Gasteiger partial charge in [-0.05, 0) is 39.0 Å². The second-order valence-corrected chi connectivity index (χ2v) is 5.21. The Bertz CT molecular complexity index is 478. The first kappa shape index (κ1) is 16.5. The average molecular weight is 289 g/mol. The van der Waals surface area contributed by atoms with Gasteiger partial charge in [-0.1, -0.05) is 0 Å². The van der Waals surface area contributed by atoms with Crippen LogP contribution in [-0.2, 0) is 6.18 Å². The second-order valence-electron chi connectivity index (χ2n) is 5.21. The molecule has 0 atom stereocenters. The number of carbonyl (C=O) groups excluding carboxylic acids is 1. The third-order valence-electron chi connectivity index (χ3n) is 2.79. The van der Waals surface area contributed by atoms with Crippen LogP contribution in [0.4, 0.5) is 18.9 Å². The standard InChI is InChI=1S/C14H18F3NO2/c1-4-18(9-13(2,3)20)11-6-5-10(8-19)12(7-11)14(15,16)17/h5-8,20H,4,9H2,1-3H3. The molecule has 0 saturated carbocycles. The van der Waals surface area contributed by atoms with E-state index in [9.17, 15) is 23.1 Å². The molecule has 0 aliphatic heterocycles. The van der Waals surface area contributed by atoms with Crippen molar-refractivity contribution in [2.75, 3.05) is 18.0 Å². The zero-order chi connectivity index (χ0) is 15.6. The Hall–Kier alpha value is -1.56. The summed E-state index contributed by atoms with van der Waals surface area (Å²) in [7, 11) is 0. The van der Waals surface area contributed by atoms with Crippen molar-refractivity contribution in [2.45, 2.75) is 32.5 Å². The van der Waals surface area contributed by atoms with E-state index in [1.165, 1.54) is 6.07 Å². The molecule has 1 aromatic carbocycles. The molecule has 0 fully saturated rings. The lowest BCUT2D eigenvalue weighted by Crippen LogP contribution is -2.38. The van der Waals surface area contributed by atoms with Gasteiger partial charge in [-0.2, -0.15) is 13.2 Å². The number of alkyl halides is 3. The quantitative estimate of drug-likeness (QED) is 0.847. The van der Waals surface area contributed by atoms with Crippen LogP contribution < -0.4 is 4.90 Å². The van der Waals surface area contributed by atoms with Crippen molar-refractivity contribution in [3.8, 4) is 0 Å². The van der Waals surface area contributed by atoms with E-state index in [1.54, 1.807) is 25.7 Å². The molecule has 0 bridgehead atoms. The van der Waals surface area contributed by atoms with Gasteiger partial charge < -0.3 is 10.0 Å². The van der Waals surface area contributed by atoms with Gasteiger partial charge in [0.15, 0.2) is 6.29 Å². The molecular formula is C14H18F3NO2. The van der Waals surface area contributed by atoms with Crippen molar-refractivity contribution < 1.29 is 23.1 Å². The summed E-state index contributed by atoms with van der Waals surface area (Å²) in [6.07, 6.45) is -4.39. The van der Waals surface area contributed by atoms with Crippen molar-refractivity contribution in [2.24, 2.45) is 0 Å². The summed E-state index contributed by atoms with van der Waals surface area (Å²) >= 11 is 0. The van der Waals surface area contributed by atoms with E-state index >= 15 is 0 Å². The van der Waals surface area contributed by atoms with Crippen molar-refractivity contribution in [1.82, 2.24) is 0 Å². The lowest BCUT2D eigenvalue weighted by molar-refractivity contribution is -0.137. The molecule has 0 spiro atoms. The molecule has 0 radical (unpaired) electrons. The van der Waals surface area contributed by atoms with Crippen LogP contribution in [0.5, 0.6) is 0 Å². The summed E-state index contributed by atoms with van der Waals surface area (Å²) in [5.74, 6) is 0. The van der Waals surface area contributed by atoms with E-state index in [0.717, 1.165) is 12.1 Å². The van der Waals surface area contributed by atoms with Crippen LogP contribution >= 0.6 is 0 Å². The lowest BCUT2D eigenvalue weighted by atomic mass is 10.0. The van der Waals surface area contributed by atoms with Gasteiger partial charge in [0.2, 0.25) is 0 Å². The first-order valence-electron chi connectivity index (χ1n) is 6.22. The third-order valence-corrected chi connectivity index (χ3v) is 2.79. The first-order valence-corrected chi connectivity index (χ1v) is 6.22. The Morgan fingerprint density at radius 1 is 1.30 bits per heavy atom. The summed E-state index contributed by atoms with van der Waals surface area (Å²) in [5.41, 5.74) is -2.05. The zero-order valence-electron chi connectivity index (χ0n) is 11.7. The van der Waals surface area contributed by atoms with Crippen LogP contribution in [0.15, 0.2) is 18.2 Å². The van der Waals surface area contributed by atoms with Crippen LogP contribution in [0.1, 0.15) is 36.7 Å². The molecule has 3 nitrogen and oxygen atoms in total. The molecule has 0 unspecified atom stereocenters. The number of hydrogen-bond acceptors (Lipinski definition) is 3. The summed E-state index contributed by atoms with van der Waals surface area (Å²) in [4.78, 5) is 12.3. The van der Waals surface area contributed by atoms with Gasteiger partial charge in [0.05, 0.1) is 11.2 Å². The number of anilines is 1. The largest absolute Gasteiger partial charge is 0.417 e. The molecule has 6 heteroatoms. The fourth-order valence-electron chi connectivity index (χ4n) is 1.94. The van der Waals surface area contributed by atoms with E-state index in [4.69, 9.17) is 0 Å². The Balaban J connectivity index is 3.22. The van der Waals surface area contributed by atoms with Gasteiger partial charge in [0.1, 0.15) is 0 Å². The SMILES string of the molecule is CCN(CC(C)(C)O)c1ccc(C=O)c(C(F)(F)F)c1. The van der Waals surface area contributed by atoms with Gasteiger partial charge >= 0.3 is 6.18 Å². The van der Waals surface area contributed by atoms with Gasteiger partial charge in [-0.3, -0.25) is 4.79 Å². The topological polar surface area (TPSA) is 40.5 Å². The molecule has 0 aliphatic rings. The molecule has 0 heterocycles. The molecular weight excluding hydrogens is 271 g/mol. The number of nitrogens with zero attached hydrogens (tertiary/aromatic N) is 1. The molecule has 1 aromatic rings. The fraction of sp³-hybridized carbons (Fsp3) is 0.500. The molecule has 1 rings (SSSR count). The van der Waals surface area contributed by atoms with Crippen LogP contribution in [0.2, 0.25) is 0 Å². The van der Waals surface area contributed by atoms with Crippen LogP contribution in [-0.4, -0.2) is 30.1 Å². The number of likely N-dealkylation sites (N-methyl/N-ethyl adjacent to an activating group) is 1. The van der Waals surface area contributed by atoms with Gasteiger partial charge in [0, 0.05) is 24.3 Å². The highest BCUT2D eigenvalue weighted by Crippen LogP contribution is 2.34. The highest BCUT2D eigenvalue weighted by Gasteiger charge is 2.34. The molecule has 0 amide bonds. The van der Waals surface area contributed by atoms with Crippen LogP contribution in [0, 0.1) is 0 Å². The second kappa shape index (κ2) is 5.83. The van der Waals surface area contributed by atoms with Crippen molar-refractivity contribution >= 4 is 12.0 Å². The minimum Gasteiger partial charge on any atom is -0.389 e. The van der Waals surface area contributed by atoms with Crippen molar-refractivity contribution in [1.29, 1.82) is 0 Å². The summed E-state index contributed by atoms with van der Waals surface area (Å²) in [6.45, 7) is 5.59. The van der Waals surface area contributed by atoms with E-state index in [2.05, 4.69) is 0 Å². The van der Waals surface area contributed by atoms with Crippen LogP contribution in [0.25, 0.3) is 0 Å². The highest BCUT2D eigenvalue weighted by molar-refractivity contribution is 5.79. The first-order chi connectivity index (χ1) is 9.08. The number of aldehydes is 1. The van der Waals surface area contributed by atoms with Crippen molar-refractivity contribution in [3.63, 3.8) is 0 Å². The summed E-state index contributed by atoms with van der Waals surface area (Å²) in [6, 6.07) is 3.55.